The number of nitrogens with zero attached hydrogens (tertiary/aromatic N) is 3. The summed E-state index contributed by atoms with van der Waals surface area (Å²) < 4.78 is 3.61. The van der Waals surface area contributed by atoms with Gasteiger partial charge in [0.1, 0.15) is 0 Å². The van der Waals surface area contributed by atoms with Crippen molar-refractivity contribution in [3.63, 3.8) is 0 Å². The van der Waals surface area contributed by atoms with Gasteiger partial charge < -0.3 is 5.32 Å². The summed E-state index contributed by atoms with van der Waals surface area (Å²) in [6.07, 6.45) is 0. The lowest BCUT2D eigenvalue weighted by atomic mass is 10.1. The summed E-state index contributed by atoms with van der Waals surface area (Å²) in [5.74, 6) is 1.73. The van der Waals surface area contributed by atoms with Crippen LogP contribution < -0.4 is 10.9 Å². The van der Waals surface area contributed by atoms with Gasteiger partial charge in [0.25, 0.3) is 5.56 Å². The van der Waals surface area contributed by atoms with Crippen molar-refractivity contribution in [3.8, 4) is 11.8 Å². The second-order valence-corrected chi connectivity index (χ2v) is 7.64. The standard InChI is InChI=1S/C22H24N4OS/c1-17-21(22(27)26(25(17)2)20-10-4-3-5-11-20)15-24-12-13-28-16-19-9-7-6-8-18(19)14-23/h3-11,24H,12-13,15-16H2,1-2H3. The molecule has 0 saturated heterocycles. The van der Waals surface area contributed by atoms with Crippen molar-refractivity contribution in [3.05, 3.63) is 87.3 Å². The van der Waals surface area contributed by atoms with E-state index in [4.69, 9.17) is 5.26 Å². The molecule has 0 radical (unpaired) electrons. The summed E-state index contributed by atoms with van der Waals surface area (Å²) in [6.45, 7) is 3.33. The maximum atomic E-state index is 12.9. The topological polar surface area (TPSA) is 62.8 Å². The second-order valence-electron chi connectivity index (χ2n) is 6.54. The molecule has 6 heteroatoms. The molecule has 0 saturated carbocycles. The highest BCUT2D eigenvalue weighted by Crippen LogP contribution is 2.15. The SMILES string of the molecule is Cc1c(CNCCSCc2ccccc2C#N)c(=O)n(-c2ccccc2)n1C. The Balaban J connectivity index is 1.55. The molecule has 0 aliphatic rings. The number of hydrogen-bond acceptors (Lipinski definition) is 4. The van der Waals surface area contributed by atoms with Crippen molar-refractivity contribution in [2.24, 2.45) is 7.05 Å². The predicted molar refractivity (Wildman–Crippen MR) is 115 cm³/mol. The van der Waals surface area contributed by atoms with Crippen LogP contribution in [0.2, 0.25) is 0 Å². The first-order valence-electron chi connectivity index (χ1n) is 9.23. The fourth-order valence-electron chi connectivity index (χ4n) is 3.12. The maximum absolute atomic E-state index is 12.9. The third kappa shape index (κ3) is 4.38. The molecular weight excluding hydrogens is 368 g/mol. The quantitative estimate of drug-likeness (QED) is 0.597. The van der Waals surface area contributed by atoms with Gasteiger partial charge in [-0.1, -0.05) is 36.4 Å². The van der Waals surface area contributed by atoms with E-state index in [9.17, 15) is 4.79 Å². The summed E-state index contributed by atoms with van der Waals surface area (Å²) in [5, 5.41) is 12.5. The fraction of sp³-hybridized carbons (Fsp3) is 0.273. The minimum absolute atomic E-state index is 0.0225. The van der Waals surface area contributed by atoms with Gasteiger partial charge in [0, 0.05) is 37.3 Å². The Hall–Kier alpha value is -2.75. The number of nitrogens with one attached hydrogen (secondary N) is 1. The first kappa shape index (κ1) is 20.0. The summed E-state index contributed by atoms with van der Waals surface area (Å²) in [5.41, 5.74) is 4.47. The molecule has 0 amide bonds. The molecule has 0 spiro atoms. The van der Waals surface area contributed by atoms with Crippen molar-refractivity contribution in [1.82, 2.24) is 14.7 Å². The molecule has 0 bridgehead atoms. The number of thioether (sulfide) groups is 1. The van der Waals surface area contributed by atoms with Crippen molar-refractivity contribution in [2.45, 2.75) is 19.2 Å². The summed E-state index contributed by atoms with van der Waals surface area (Å²) >= 11 is 1.78. The second kappa shape index (κ2) is 9.45. The van der Waals surface area contributed by atoms with Crippen LogP contribution in [0.25, 0.3) is 5.69 Å². The van der Waals surface area contributed by atoms with E-state index < -0.39 is 0 Å². The first-order chi connectivity index (χ1) is 13.6. The Bertz CT molecular complexity index is 1030. The zero-order valence-electron chi connectivity index (χ0n) is 16.2. The van der Waals surface area contributed by atoms with Gasteiger partial charge in [0.05, 0.1) is 22.9 Å². The van der Waals surface area contributed by atoms with Gasteiger partial charge in [-0.05, 0) is 30.7 Å². The lowest BCUT2D eigenvalue weighted by Crippen LogP contribution is -2.24. The molecule has 0 atom stereocenters. The van der Waals surface area contributed by atoms with E-state index in [1.165, 1.54) is 0 Å². The molecule has 1 aromatic heterocycles. The van der Waals surface area contributed by atoms with Gasteiger partial charge in [-0.2, -0.15) is 17.0 Å². The molecule has 2 aromatic carbocycles. The van der Waals surface area contributed by atoms with Crippen LogP contribution in [0, 0.1) is 18.3 Å². The highest BCUT2D eigenvalue weighted by molar-refractivity contribution is 7.98. The number of aromatic nitrogens is 2. The van der Waals surface area contributed by atoms with E-state index in [0.717, 1.165) is 46.1 Å². The normalized spacial score (nSPS) is 10.8. The minimum atomic E-state index is 0.0225. The van der Waals surface area contributed by atoms with Gasteiger partial charge in [0.2, 0.25) is 0 Å². The number of para-hydroxylation sites is 1. The van der Waals surface area contributed by atoms with Crippen LogP contribution in [0.1, 0.15) is 22.4 Å². The van der Waals surface area contributed by atoms with Crippen molar-refractivity contribution in [1.29, 1.82) is 5.26 Å². The van der Waals surface area contributed by atoms with E-state index in [1.54, 1.807) is 16.4 Å². The Morgan fingerprint density at radius 1 is 1.11 bits per heavy atom. The van der Waals surface area contributed by atoms with Gasteiger partial charge in [-0.15, -0.1) is 0 Å². The highest BCUT2D eigenvalue weighted by atomic mass is 32.2. The van der Waals surface area contributed by atoms with E-state index in [1.807, 2.05) is 73.3 Å². The van der Waals surface area contributed by atoms with Gasteiger partial charge >= 0.3 is 0 Å². The van der Waals surface area contributed by atoms with Crippen LogP contribution in [-0.4, -0.2) is 21.7 Å². The molecule has 0 aliphatic heterocycles. The average molecular weight is 393 g/mol. The molecule has 0 unspecified atom stereocenters. The van der Waals surface area contributed by atoms with Crippen molar-refractivity contribution < 1.29 is 0 Å². The minimum Gasteiger partial charge on any atom is -0.312 e. The van der Waals surface area contributed by atoms with Crippen LogP contribution in [-0.2, 0) is 19.3 Å². The molecular formula is C22H24N4OS. The van der Waals surface area contributed by atoms with Gasteiger partial charge in [0.15, 0.2) is 0 Å². The van der Waals surface area contributed by atoms with E-state index in [-0.39, 0.29) is 5.56 Å². The third-order valence-corrected chi connectivity index (χ3v) is 5.80. The number of rotatable bonds is 8. The largest absolute Gasteiger partial charge is 0.312 e. The smallest absolute Gasteiger partial charge is 0.276 e. The molecule has 1 N–H and O–H groups in total. The average Bonchev–Trinajstić information content (AvgIpc) is 2.94. The van der Waals surface area contributed by atoms with E-state index in [2.05, 4.69) is 11.4 Å². The fourth-order valence-corrected chi connectivity index (χ4v) is 4.03. The Morgan fingerprint density at radius 3 is 2.57 bits per heavy atom. The van der Waals surface area contributed by atoms with Crippen LogP contribution in [0.5, 0.6) is 0 Å². The summed E-state index contributed by atoms with van der Waals surface area (Å²) in [4.78, 5) is 12.9. The first-order valence-corrected chi connectivity index (χ1v) is 10.4. The molecule has 144 valence electrons. The highest BCUT2D eigenvalue weighted by Gasteiger charge is 2.15. The van der Waals surface area contributed by atoms with E-state index >= 15 is 0 Å². The zero-order chi connectivity index (χ0) is 19.9. The molecule has 1 heterocycles. The molecule has 0 fully saturated rings. The number of nitriles is 1. The predicted octanol–water partition coefficient (Wildman–Crippen LogP) is 3.38. The lowest BCUT2D eigenvalue weighted by Gasteiger charge is -2.07. The molecule has 0 aliphatic carbocycles. The van der Waals surface area contributed by atoms with Crippen LogP contribution in [0.3, 0.4) is 0 Å². The summed E-state index contributed by atoms with van der Waals surface area (Å²) in [7, 11) is 1.91. The lowest BCUT2D eigenvalue weighted by molar-refractivity contribution is 0.630. The van der Waals surface area contributed by atoms with Gasteiger partial charge in [-0.3, -0.25) is 9.48 Å². The summed E-state index contributed by atoms with van der Waals surface area (Å²) in [6, 6.07) is 19.6. The van der Waals surface area contributed by atoms with Crippen molar-refractivity contribution >= 4 is 11.8 Å². The molecule has 3 rings (SSSR count). The van der Waals surface area contributed by atoms with Crippen molar-refractivity contribution in [2.75, 3.05) is 12.3 Å². The third-order valence-electron chi connectivity index (χ3n) is 4.79. The zero-order valence-corrected chi connectivity index (χ0v) is 17.0. The van der Waals surface area contributed by atoms with Crippen LogP contribution in [0.15, 0.2) is 59.4 Å². The van der Waals surface area contributed by atoms with Gasteiger partial charge in [-0.25, -0.2) is 4.68 Å². The van der Waals surface area contributed by atoms with Crippen LogP contribution in [0.4, 0.5) is 0 Å². The Kier molecular flexibility index (Phi) is 6.75. The number of benzene rings is 2. The Morgan fingerprint density at radius 2 is 1.82 bits per heavy atom. The maximum Gasteiger partial charge on any atom is 0.276 e. The molecule has 28 heavy (non-hydrogen) atoms. The monoisotopic (exact) mass is 392 g/mol. The Labute approximate surface area is 169 Å². The molecule has 3 aromatic rings. The van der Waals surface area contributed by atoms with E-state index in [0.29, 0.717) is 6.54 Å². The van der Waals surface area contributed by atoms with Crippen LogP contribution >= 0.6 is 11.8 Å². The number of hydrogen-bond donors (Lipinski definition) is 1. The molecule has 5 nitrogen and oxygen atoms in total.